The van der Waals surface area contributed by atoms with E-state index < -0.39 is 5.41 Å². The average Bonchev–Trinajstić information content (AvgIpc) is 2.69. The maximum atomic E-state index is 12.3. The SMILES string of the molecule is COc1ccccc1-c1cc(Nc2ccccc2OC(=O)C(C)(C)C)ncn1. The Bertz CT molecular complexity index is 981. The van der Waals surface area contributed by atoms with E-state index in [9.17, 15) is 4.79 Å². The number of carbonyl (C=O) groups excluding carboxylic acids is 1. The third-order valence-electron chi connectivity index (χ3n) is 4.01. The molecule has 6 heteroatoms. The highest BCUT2D eigenvalue weighted by atomic mass is 16.5. The van der Waals surface area contributed by atoms with Gasteiger partial charge in [-0.3, -0.25) is 4.79 Å². The lowest BCUT2D eigenvalue weighted by Gasteiger charge is -2.18. The summed E-state index contributed by atoms with van der Waals surface area (Å²) < 4.78 is 11.0. The lowest BCUT2D eigenvalue weighted by molar-refractivity contribution is -0.142. The number of hydrogen-bond donors (Lipinski definition) is 1. The molecule has 0 spiro atoms. The quantitative estimate of drug-likeness (QED) is 0.506. The van der Waals surface area contributed by atoms with Crippen molar-refractivity contribution in [1.82, 2.24) is 9.97 Å². The van der Waals surface area contributed by atoms with E-state index in [0.717, 1.165) is 17.0 Å². The Labute approximate surface area is 164 Å². The van der Waals surface area contributed by atoms with Gasteiger partial charge in [-0.05, 0) is 45.0 Å². The number of methoxy groups -OCH3 is 1. The van der Waals surface area contributed by atoms with Gasteiger partial charge in [-0.15, -0.1) is 0 Å². The first-order chi connectivity index (χ1) is 13.4. The fourth-order valence-electron chi connectivity index (χ4n) is 2.48. The Hall–Kier alpha value is -3.41. The molecule has 0 aliphatic carbocycles. The molecule has 1 aromatic heterocycles. The van der Waals surface area contributed by atoms with Crippen LogP contribution in [-0.4, -0.2) is 23.0 Å². The molecule has 0 amide bonds. The Balaban J connectivity index is 1.89. The van der Waals surface area contributed by atoms with Crippen molar-refractivity contribution in [2.24, 2.45) is 5.41 Å². The van der Waals surface area contributed by atoms with Gasteiger partial charge in [0.15, 0.2) is 5.75 Å². The van der Waals surface area contributed by atoms with Crippen molar-refractivity contribution in [2.75, 3.05) is 12.4 Å². The standard InChI is InChI=1S/C22H23N3O3/c1-22(2,3)21(26)28-19-12-8-6-10-16(19)25-20-13-17(23-14-24-20)15-9-5-7-11-18(15)27-4/h5-14H,1-4H3,(H,23,24,25). The van der Waals surface area contributed by atoms with Crippen LogP contribution in [0.5, 0.6) is 11.5 Å². The van der Waals surface area contributed by atoms with Crippen molar-refractivity contribution in [3.8, 4) is 22.8 Å². The molecule has 0 atom stereocenters. The zero-order valence-corrected chi connectivity index (χ0v) is 16.4. The van der Waals surface area contributed by atoms with E-state index >= 15 is 0 Å². The molecule has 0 saturated carbocycles. The van der Waals surface area contributed by atoms with Crippen LogP contribution in [0.4, 0.5) is 11.5 Å². The maximum absolute atomic E-state index is 12.3. The van der Waals surface area contributed by atoms with Gasteiger partial charge in [0.25, 0.3) is 0 Å². The Kier molecular flexibility index (Phi) is 5.59. The van der Waals surface area contributed by atoms with Crippen LogP contribution in [-0.2, 0) is 4.79 Å². The molecule has 0 radical (unpaired) electrons. The minimum Gasteiger partial charge on any atom is -0.496 e. The summed E-state index contributed by atoms with van der Waals surface area (Å²) in [7, 11) is 1.62. The summed E-state index contributed by atoms with van der Waals surface area (Å²) in [5.74, 6) is 1.45. The molecular weight excluding hydrogens is 354 g/mol. The number of rotatable bonds is 5. The molecular formula is C22H23N3O3. The van der Waals surface area contributed by atoms with Gasteiger partial charge in [0, 0.05) is 11.6 Å². The third-order valence-corrected chi connectivity index (χ3v) is 4.01. The van der Waals surface area contributed by atoms with E-state index in [4.69, 9.17) is 9.47 Å². The number of nitrogens with zero attached hydrogens (tertiary/aromatic N) is 2. The minimum absolute atomic E-state index is 0.306. The number of anilines is 2. The highest BCUT2D eigenvalue weighted by molar-refractivity contribution is 5.80. The van der Waals surface area contributed by atoms with Gasteiger partial charge in [0.1, 0.15) is 17.9 Å². The summed E-state index contributed by atoms with van der Waals surface area (Å²) in [6.45, 7) is 5.44. The van der Waals surface area contributed by atoms with Gasteiger partial charge < -0.3 is 14.8 Å². The molecule has 0 fully saturated rings. The summed E-state index contributed by atoms with van der Waals surface area (Å²) in [5.41, 5.74) is 1.63. The van der Waals surface area contributed by atoms with E-state index in [1.54, 1.807) is 13.2 Å². The van der Waals surface area contributed by atoms with Crippen LogP contribution < -0.4 is 14.8 Å². The first-order valence-corrected chi connectivity index (χ1v) is 8.92. The van der Waals surface area contributed by atoms with Gasteiger partial charge in [0.05, 0.1) is 23.9 Å². The molecule has 0 saturated heterocycles. The Morgan fingerprint density at radius 1 is 0.964 bits per heavy atom. The summed E-state index contributed by atoms with van der Waals surface area (Å²) in [6, 6.07) is 16.7. The van der Waals surface area contributed by atoms with Crippen LogP contribution in [0, 0.1) is 5.41 Å². The second kappa shape index (κ2) is 8.08. The van der Waals surface area contributed by atoms with E-state index in [1.165, 1.54) is 6.33 Å². The number of carbonyl (C=O) groups is 1. The molecule has 144 valence electrons. The number of para-hydroxylation sites is 3. The topological polar surface area (TPSA) is 73.3 Å². The van der Waals surface area contributed by atoms with Crippen LogP contribution in [0.2, 0.25) is 0 Å². The molecule has 3 rings (SSSR count). The normalized spacial score (nSPS) is 11.0. The lowest BCUT2D eigenvalue weighted by Crippen LogP contribution is -2.25. The molecule has 0 aliphatic rings. The molecule has 28 heavy (non-hydrogen) atoms. The molecule has 0 aliphatic heterocycles. The first kappa shape index (κ1) is 19.4. The van der Waals surface area contributed by atoms with Crippen LogP contribution in [0.15, 0.2) is 60.9 Å². The fraction of sp³-hybridized carbons (Fsp3) is 0.227. The van der Waals surface area contributed by atoms with Crippen molar-refractivity contribution in [2.45, 2.75) is 20.8 Å². The Morgan fingerprint density at radius 2 is 1.64 bits per heavy atom. The zero-order chi connectivity index (χ0) is 20.1. The number of esters is 1. The van der Waals surface area contributed by atoms with Crippen molar-refractivity contribution < 1.29 is 14.3 Å². The smallest absolute Gasteiger partial charge is 0.316 e. The molecule has 6 nitrogen and oxygen atoms in total. The van der Waals surface area contributed by atoms with E-state index in [-0.39, 0.29) is 5.97 Å². The number of hydrogen-bond acceptors (Lipinski definition) is 6. The van der Waals surface area contributed by atoms with E-state index in [1.807, 2.05) is 69.3 Å². The largest absolute Gasteiger partial charge is 0.496 e. The molecule has 1 heterocycles. The molecule has 0 unspecified atom stereocenters. The molecule has 0 bridgehead atoms. The summed E-state index contributed by atoms with van der Waals surface area (Å²) in [4.78, 5) is 20.9. The monoisotopic (exact) mass is 377 g/mol. The summed E-state index contributed by atoms with van der Waals surface area (Å²) in [5, 5.41) is 3.21. The molecule has 2 aromatic carbocycles. The highest BCUT2D eigenvalue weighted by Crippen LogP contribution is 2.32. The summed E-state index contributed by atoms with van der Waals surface area (Å²) >= 11 is 0. The van der Waals surface area contributed by atoms with Crippen LogP contribution in [0.3, 0.4) is 0 Å². The van der Waals surface area contributed by atoms with Gasteiger partial charge in [-0.1, -0.05) is 24.3 Å². The highest BCUT2D eigenvalue weighted by Gasteiger charge is 2.24. The fourth-order valence-corrected chi connectivity index (χ4v) is 2.48. The van der Waals surface area contributed by atoms with Crippen LogP contribution in [0.25, 0.3) is 11.3 Å². The van der Waals surface area contributed by atoms with E-state index in [0.29, 0.717) is 17.3 Å². The Morgan fingerprint density at radius 3 is 2.36 bits per heavy atom. The predicted octanol–water partition coefficient (Wildman–Crippen LogP) is 4.85. The van der Waals surface area contributed by atoms with Gasteiger partial charge in [0.2, 0.25) is 0 Å². The van der Waals surface area contributed by atoms with Crippen molar-refractivity contribution in [1.29, 1.82) is 0 Å². The third kappa shape index (κ3) is 4.46. The van der Waals surface area contributed by atoms with Gasteiger partial charge in [-0.2, -0.15) is 0 Å². The van der Waals surface area contributed by atoms with Gasteiger partial charge in [-0.25, -0.2) is 9.97 Å². The van der Waals surface area contributed by atoms with Crippen molar-refractivity contribution >= 4 is 17.5 Å². The summed E-state index contributed by atoms with van der Waals surface area (Å²) in [6.07, 6.45) is 1.48. The zero-order valence-electron chi connectivity index (χ0n) is 16.4. The maximum Gasteiger partial charge on any atom is 0.316 e. The number of aromatic nitrogens is 2. The van der Waals surface area contributed by atoms with Crippen molar-refractivity contribution in [3.05, 3.63) is 60.9 Å². The predicted molar refractivity (Wildman–Crippen MR) is 109 cm³/mol. The molecule has 1 N–H and O–H groups in total. The van der Waals surface area contributed by atoms with Crippen LogP contribution >= 0.6 is 0 Å². The number of benzene rings is 2. The second-order valence-corrected chi connectivity index (χ2v) is 7.25. The molecule has 3 aromatic rings. The minimum atomic E-state index is -0.598. The number of ether oxygens (including phenoxy) is 2. The van der Waals surface area contributed by atoms with Gasteiger partial charge >= 0.3 is 5.97 Å². The lowest BCUT2D eigenvalue weighted by atomic mass is 9.97. The second-order valence-electron chi connectivity index (χ2n) is 7.25. The van der Waals surface area contributed by atoms with Crippen molar-refractivity contribution in [3.63, 3.8) is 0 Å². The van der Waals surface area contributed by atoms with Crippen LogP contribution in [0.1, 0.15) is 20.8 Å². The van der Waals surface area contributed by atoms with E-state index in [2.05, 4.69) is 15.3 Å². The number of nitrogens with one attached hydrogen (secondary N) is 1. The first-order valence-electron chi connectivity index (χ1n) is 8.92. The average molecular weight is 377 g/mol.